The van der Waals surface area contributed by atoms with Crippen LogP contribution in [-0.2, 0) is 9.59 Å². The Kier molecular flexibility index (Phi) is 5.30. The number of nitrogens with one attached hydrogen (secondary N) is 1. The average Bonchev–Trinajstić information content (AvgIpc) is 2.79. The molecular weight excluding hydrogens is 343 g/mol. The molecule has 1 saturated heterocycles. The summed E-state index contributed by atoms with van der Waals surface area (Å²) in [6.45, 7) is 0.766. The lowest BCUT2D eigenvalue weighted by Gasteiger charge is -2.22. The van der Waals surface area contributed by atoms with Crippen molar-refractivity contribution in [3.63, 3.8) is 0 Å². The maximum atomic E-state index is 13.6. The zero-order chi connectivity index (χ0) is 15.4. The van der Waals surface area contributed by atoms with Crippen molar-refractivity contribution in [2.24, 2.45) is 0 Å². The molecule has 1 fully saturated rings. The number of rotatable bonds is 5. The van der Waals surface area contributed by atoms with Gasteiger partial charge in [0.1, 0.15) is 5.82 Å². The Hall–Kier alpha value is -1.47. The summed E-state index contributed by atoms with van der Waals surface area (Å²) in [5.41, 5.74) is 0.122. The number of carbonyl (C=O) groups excluding carboxylic acids is 1. The molecule has 1 aromatic rings. The van der Waals surface area contributed by atoms with E-state index in [0.29, 0.717) is 11.0 Å². The van der Waals surface area contributed by atoms with E-state index in [9.17, 15) is 14.0 Å². The van der Waals surface area contributed by atoms with Gasteiger partial charge in [-0.15, -0.1) is 0 Å². The van der Waals surface area contributed by atoms with Crippen LogP contribution in [0.1, 0.15) is 19.3 Å². The normalized spacial score (nSPS) is 18.7. The zero-order valence-corrected chi connectivity index (χ0v) is 12.9. The highest BCUT2D eigenvalue weighted by Gasteiger charge is 2.28. The molecule has 0 bridgehead atoms. The van der Waals surface area contributed by atoms with Gasteiger partial charge in [0.25, 0.3) is 0 Å². The van der Waals surface area contributed by atoms with Crippen molar-refractivity contribution in [3.05, 3.63) is 28.5 Å². The van der Waals surface area contributed by atoms with Gasteiger partial charge in [-0.05, 0) is 37.6 Å². The number of nitrogens with zero attached hydrogens (tertiary/aromatic N) is 1. The zero-order valence-electron chi connectivity index (χ0n) is 11.3. The molecule has 1 heterocycles. The number of hydrogen-bond donors (Lipinski definition) is 2. The summed E-state index contributed by atoms with van der Waals surface area (Å²) in [7, 11) is 0. The van der Waals surface area contributed by atoms with E-state index >= 15 is 0 Å². The summed E-state index contributed by atoms with van der Waals surface area (Å²) < 4.78 is 14.2. The first-order valence-electron chi connectivity index (χ1n) is 6.66. The Labute approximate surface area is 130 Å². The van der Waals surface area contributed by atoms with Crippen molar-refractivity contribution >= 4 is 33.5 Å². The highest BCUT2D eigenvalue weighted by Crippen LogP contribution is 2.21. The maximum absolute atomic E-state index is 13.6. The lowest BCUT2D eigenvalue weighted by molar-refractivity contribution is -0.138. The monoisotopic (exact) mass is 358 g/mol. The van der Waals surface area contributed by atoms with Gasteiger partial charge >= 0.3 is 5.97 Å². The van der Waals surface area contributed by atoms with Crippen molar-refractivity contribution in [1.82, 2.24) is 4.90 Å². The molecule has 1 atom stereocenters. The van der Waals surface area contributed by atoms with Gasteiger partial charge in [-0.3, -0.25) is 14.5 Å². The molecule has 7 heteroatoms. The van der Waals surface area contributed by atoms with E-state index in [1.165, 1.54) is 12.1 Å². The van der Waals surface area contributed by atoms with Crippen LogP contribution in [0, 0.1) is 5.82 Å². The molecule has 0 aliphatic carbocycles. The van der Waals surface area contributed by atoms with Crippen LogP contribution in [0.2, 0.25) is 0 Å². The van der Waals surface area contributed by atoms with Gasteiger partial charge in [-0.25, -0.2) is 4.39 Å². The molecular formula is C14H16BrFN2O3. The van der Waals surface area contributed by atoms with Gasteiger partial charge < -0.3 is 10.4 Å². The van der Waals surface area contributed by atoms with E-state index in [2.05, 4.69) is 21.2 Å². The predicted octanol–water partition coefficient (Wildman–Crippen LogP) is 2.47. The smallest absolute Gasteiger partial charge is 0.304 e. The molecule has 0 aromatic heterocycles. The second-order valence-corrected chi connectivity index (χ2v) is 5.95. The van der Waals surface area contributed by atoms with Crippen LogP contribution < -0.4 is 5.32 Å². The standard InChI is InChI=1S/C14H16BrFN2O3/c15-9-3-4-12(11(16)6-9)17-13(19)8-18-5-1-2-10(18)7-14(20)21/h3-4,6,10H,1-2,5,7-8H2,(H,17,19)(H,20,21). The van der Waals surface area contributed by atoms with Gasteiger partial charge in [0, 0.05) is 10.5 Å². The molecule has 5 nitrogen and oxygen atoms in total. The number of carboxylic acid groups (broad SMARTS) is 1. The Morgan fingerprint density at radius 1 is 1.48 bits per heavy atom. The number of benzene rings is 1. The fourth-order valence-electron chi connectivity index (χ4n) is 2.50. The summed E-state index contributed by atoms with van der Waals surface area (Å²) in [6, 6.07) is 4.28. The first kappa shape index (κ1) is 15.9. The number of carboxylic acids is 1. The molecule has 21 heavy (non-hydrogen) atoms. The maximum Gasteiger partial charge on any atom is 0.304 e. The fourth-order valence-corrected chi connectivity index (χ4v) is 2.83. The summed E-state index contributed by atoms with van der Waals surface area (Å²) in [6.07, 6.45) is 1.67. The topological polar surface area (TPSA) is 69.6 Å². The number of carbonyl (C=O) groups is 2. The van der Waals surface area contributed by atoms with E-state index < -0.39 is 11.8 Å². The van der Waals surface area contributed by atoms with Gasteiger partial charge in [0.2, 0.25) is 5.91 Å². The van der Waals surface area contributed by atoms with E-state index in [-0.39, 0.29) is 30.6 Å². The van der Waals surface area contributed by atoms with Crippen LogP contribution in [-0.4, -0.2) is 41.0 Å². The third-order valence-corrected chi connectivity index (χ3v) is 3.95. The predicted molar refractivity (Wildman–Crippen MR) is 79.6 cm³/mol. The van der Waals surface area contributed by atoms with Crippen LogP contribution in [0.3, 0.4) is 0 Å². The molecule has 1 aliphatic heterocycles. The largest absolute Gasteiger partial charge is 0.481 e. The summed E-state index contributed by atoms with van der Waals surface area (Å²) in [4.78, 5) is 24.6. The number of anilines is 1. The van der Waals surface area contributed by atoms with Gasteiger partial charge in [-0.1, -0.05) is 15.9 Å². The molecule has 1 aromatic carbocycles. The van der Waals surface area contributed by atoms with Crippen LogP contribution in [0.25, 0.3) is 0 Å². The Morgan fingerprint density at radius 3 is 2.90 bits per heavy atom. The van der Waals surface area contributed by atoms with E-state index in [1.54, 1.807) is 6.07 Å². The lowest BCUT2D eigenvalue weighted by atomic mass is 10.1. The van der Waals surface area contributed by atoms with E-state index in [0.717, 1.165) is 12.8 Å². The minimum atomic E-state index is -0.869. The van der Waals surface area contributed by atoms with E-state index in [1.807, 2.05) is 4.90 Å². The summed E-state index contributed by atoms with van der Waals surface area (Å²) in [5.74, 6) is -1.72. The highest BCUT2D eigenvalue weighted by molar-refractivity contribution is 9.10. The van der Waals surface area contributed by atoms with Crippen LogP contribution >= 0.6 is 15.9 Å². The Morgan fingerprint density at radius 2 is 2.24 bits per heavy atom. The van der Waals surface area contributed by atoms with Crippen LogP contribution in [0.5, 0.6) is 0 Å². The minimum absolute atomic E-state index is 0.0277. The minimum Gasteiger partial charge on any atom is -0.481 e. The number of aliphatic carboxylic acids is 1. The van der Waals surface area contributed by atoms with Crippen LogP contribution in [0.15, 0.2) is 22.7 Å². The quantitative estimate of drug-likeness (QED) is 0.848. The summed E-state index contributed by atoms with van der Waals surface area (Å²) >= 11 is 3.15. The lowest BCUT2D eigenvalue weighted by Crippen LogP contribution is -2.38. The molecule has 1 aliphatic rings. The second kappa shape index (κ2) is 7.00. The molecule has 2 N–H and O–H groups in total. The molecule has 114 valence electrons. The molecule has 0 spiro atoms. The number of amides is 1. The highest BCUT2D eigenvalue weighted by atomic mass is 79.9. The van der Waals surface area contributed by atoms with Crippen molar-refractivity contribution in [2.45, 2.75) is 25.3 Å². The molecule has 0 saturated carbocycles. The number of hydrogen-bond acceptors (Lipinski definition) is 3. The fraction of sp³-hybridized carbons (Fsp3) is 0.429. The van der Waals surface area contributed by atoms with Gasteiger partial charge in [-0.2, -0.15) is 0 Å². The molecule has 0 radical (unpaired) electrons. The SMILES string of the molecule is O=C(O)CC1CCCN1CC(=O)Nc1ccc(Br)cc1F. The third kappa shape index (κ3) is 4.50. The van der Waals surface area contributed by atoms with Crippen molar-refractivity contribution in [3.8, 4) is 0 Å². The molecule has 2 rings (SSSR count). The number of likely N-dealkylation sites (tertiary alicyclic amines) is 1. The average molecular weight is 359 g/mol. The van der Waals surface area contributed by atoms with E-state index in [4.69, 9.17) is 5.11 Å². The first-order chi connectivity index (χ1) is 9.95. The Bertz CT molecular complexity index is 553. The first-order valence-corrected chi connectivity index (χ1v) is 7.46. The second-order valence-electron chi connectivity index (χ2n) is 5.04. The van der Waals surface area contributed by atoms with Crippen molar-refractivity contribution in [2.75, 3.05) is 18.4 Å². The van der Waals surface area contributed by atoms with Crippen LogP contribution in [0.4, 0.5) is 10.1 Å². The summed E-state index contributed by atoms with van der Waals surface area (Å²) in [5, 5.41) is 11.4. The Balaban J connectivity index is 1.93. The molecule has 1 amide bonds. The van der Waals surface area contributed by atoms with Gasteiger partial charge in [0.05, 0.1) is 18.7 Å². The van der Waals surface area contributed by atoms with Crippen molar-refractivity contribution in [1.29, 1.82) is 0 Å². The van der Waals surface area contributed by atoms with Gasteiger partial charge in [0.15, 0.2) is 0 Å². The molecule has 1 unspecified atom stereocenters. The number of halogens is 2. The third-order valence-electron chi connectivity index (χ3n) is 3.46. The van der Waals surface area contributed by atoms with Crippen molar-refractivity contribution < 1.29 is 19.1 Å².